The first-order valence-corrected chi connectivity index (χ1v) is 4.42. The molecule has 0 saturated heterocycles. The summed E-state index contributed by atoms with van der Waals surface area (Å²) in [7, 11) is 0. The van der Waals surface area contributed by atoms with Gasteiger partial charge in [-0.1, -0.05) is 0 Å². The fraction of sp³-hybridized carbons (Fsp3) is 0.556. The van der Waals surface area contributed by atoms with Crippen LogP contribution in [0.15, 0.2) is 6.20 Å². The molecule has 90 valence electrons. The fourth-order valence-electron chi connectivity index (χ4n) is 1.28. The Hall–Kier alpha value is -1.53. The Kier molecular flexibility index (Phi) is 2.74. The summed E-state index contributed by atoms with van der Waals surface area (Å²) in [5.74, 6) is -1.89. The summed E-state index contributed by atoms with van der Waals surface area (Å²) >= 11 is 0. The number of alkyl halides is 3. The van der Waals surface area contributed by atoms with Gasteiger partial charge in [-0.25, -0.2) is 0 Å². The van der Waals surface area contributed by atoms with E-state index in [1.807, 2.05) is 0 Å². The summed E-state index contributed by atoms with van der Waals surface area (Å²) in [5, 5.41) is 14.0. The molecule has 7 heteroatoms. The molecule has 1 rings (SSSR count). The highest BCUT2D eigenvalue weighted by Gasteiger charge is 2.40. The highest BCUT2D eigenvalue weighted by Crippen LogP contribution is 2.34. The summed E-state index contributed by atoms with van der Waals surface area (Å²) in [6.45, 7) is 4.48. The molecule has 0 spiro atoms. The second-order valence-corrected chi connectivity index (χ2v) is 4.27. The van der Waals surface area contributed by atoms with E-state index >= 15 is 0 Å². The summed E-state index contributed by atoms with van der Waals surface area (Å²) in [5.41, 5.74) is -3.19. The fourth-order valence-corrected chi connectivity index (χ4v) is 1.28. The van der Waals surface area contributed by atoms with Gasteiger partial charge in [-0.05, 0) is 20.8 Å². The predicted octanol–water partition coefficient (Wildman–Crippen LogP) is 1.02. The van der Waals surface area contributed by atoms with Crippen LogP contribution in [0.1, 0.15) is 36.8 Å². The van der Waals surface area contributed by atoms with Crippen molar-refractivity contribution in [2.24, 2.45) is 0 Å². The minimum Gasteiger partial charge on any atom is -0.545 e. The monoisotopic (exact) mass is 235 g/mol. The lowest BCUT2D eigenvalue weighted by Gasteiger charge is -2.24. The Bertz CT molecular complexity index is 415. The number of halogens is 3. The molecule has 16 heavy (non-hydrogen) atoms. The van der Waals surface area contributed by atoms with E-state index in [0.717, 1.165) is 0 Å². The van der Waals surface area contributed by atoms with Crippen LogP contribution in [0, 0.1) is 0 Å². The highest BCUT2D eigenvalue weighted by molar-refractivity contribution is 5.87. The van der Waals surface area contributed by atoms with Gasteiger partial charge in [-0.15, -0.1) is 0 Å². The molecule has 0 radical (unpaired) electrons. The third-order valence-electron chi connectivity index (χ3n) is 1.89. The van der Waals surface area contributed by atoms with Crippen LogP contribution in [0.2, 0.25) is 0 Å². The first kappa shape index (κ1) is 12.5. The van der Waals surface area contributed by atoms with Gasteiger partial charge >= 0.3 is 6.18 Å². The van der Waals surface area contributed by atoms with Crippen molar-refractivity contribution in [2.75, 3.05) is 0 Å². The molecule has 4 nitrogen and oxygen atoms in total. The van der Waals surface area contributed by atoms with E-state index in [4.69, 9.17) is 0 Å². The van der Waals surface area contributed by atoms with Crippen LogP contribution in [0.25, 0.3) is 0 Å². The minimum atomic E-state index is -4.78. The standard InChI is InChI=1S/C9H11F3N2O2/c1-8(2,3)14-6(9(10,11)12)5(4-13-14)7(15)16/h4H,1-3H3,(H,15,16)/p-1. The van der Waals surface area contributed by atoms with Crippen molar-refractivity contribution < 1.29 is 23.1 Å². The lowest BCUT2D eigenvalue weighted by molar-refractivity contribution is -0.255. The molecule has 0 aliphatic carbocycles. The first-order valence-electron chi connectivity index (χ1n) is 4.42. The first-order chi connectivity index (χ1) is 7.05. The number of carboxylic acids is 1. The SMILES string of the molecule is CC(C)(C)n1ncc(C(=O)[O-])c1C(F)(F)F. The quantitative estimate of drug-likeness (QED) is 0.730. The van der Waals surface area contributed by atoms with Gasteiger partial charge < -0.3 is 9.90 Å². The van der Waals surface area contributed by atoms with Crippen molar-refractivity contribution in [1.29, 1.82) is 0 Å². The molecule has 0 N–H and O–H groups in total. The second-order valence-electron chi connectivity index (χ2n) is 4.27. The molecule has 0 aliphatic heterocycles. The predicted molar refractivity (Wildman–Crippen MR) is 46.6 cm³/mol. The van der Waals surface area contributed by atoms with Gasteiger partial charge in [0.05, 0.1) is 17.7 Å². The average molecular weight is 235 g/mol. The van der Waals surface area contributed by atoms with Gasteiger partial charge in [-0.2, -0.15) is 18.3 Å². The zero-order chi connectivity index (χ0) is 12.7. The Labute approximate surface area is 89.7 Å². The van der Waals surface area contributed by atoms with Crippen LogP contribution in [0.4, 0.5) is 13.2 Å². The molecule has 0 atom stereocenters. The van der Waals surface area contributed by atoms with E-state index in [1.54, 1.807) is 0 Å². The number of carbonyl (C=O) groups is 1. The summed E-state index contributed by atoms with van der Waals surface area (Å²) in [4.78, 5) is 10.5. The Morgan fingerprint density at radius 2 is 1.88 bits per heavy atom. The zero-order valence-corrected chi connectivity index (χ0v) is 8.92. The van der Waals surface area contributed by atoms with Crippen molar-refractivity contribution in [3.8, 4) is 0 Å². The van der Waals surface area contributed by atoms with Crippen molar-refractivity contribution in [3.63, 3.8) is 0 Å². The van der Waals surface area contributed by atoms with Crippen LogP contribution < -0.4 is 5.11 Å². The van der Waals surface area contributed by atoms with Crippen LogP contribution in [0.3, 0.4) is 0 Å². The van der Waals surface area contributed by atoms with Gasteiger partial charge in [0.15, 0.2) is 5.69 Å². The van der Waals surface area contributed by atoms with Crippen molar-refractivity contribution in [1.82, 2.24) is 9.78 Å². The molecular formula is C9H10F3N2O2-. The summed E-state index contributed by atoms with van der Waals surface area (Å²) < 4.78 is 38.7. The molecule has 0 unspecified atom stereocenters. The van der Waals surface area contributed by atoms with Crippen LogP contribution >= 0.6 is 0 Å². The maximum atomic E-state index is 12.7. The van der Waals surface area contributed by atoms with Gasteiger partial charge in [0, 0.05) is 5.56 Å². The van der Waals surface area contributed by atoms with Crippen molar-refractivity contribution >= 4 is 5.97 Å². The summed E-state index contributed by atoms with van der Waals surface area (Å²) in [6.07, 6.45) is -4.12. The Morgan fingerprint density at radius 1 is 1.38 bits per heavy atom. The molecule has 0 saturated carbocycles. The second kappa shape index (κ2) is 3.50. The third-order valence-corrected chi connectivity index (χ3v) is 1.89. The van der Waals surface area contributed by atoms with E-state index in [-0.39, 0.29) is 0 Å². The van der Waals surface area contributed by atoms with Crippen LogP contribution in [-0.4, -0.2) is 15.7 Å². The zero-order valence-electron chi connectivity index (χ0n) is 8.92. The van der Waals surface area contributed by atoms with E-state index in [9.17, 15) is 23.1 Å². The molecule has 0 amide bonds. The van der Waals surface area contributed by atoms with Crippen LogP contribution in [-0.2, 0) is 11.7 Å². The molecule has 1 aromatic rings. The maximum absolute atomic E-state index is 12.7. The number of aromatic carboxylic acids is 1. The average Bonchev–Trinajstić information content (AvgIpc) is 2.43. The topological polar surface area (TPSA) is 58.0 Å². The molecule has 1 heterocycles. The number of nitrogens with zero attached hydrogens (tertiary/aromatic N) is 2. The van der Waals surface area contributed by atoms with Gasteiger partial charge in [0.25, 0.3) is 0 Å². The molecule has 0 aliphatic rings. The van der Waals surface area contributed by atoms with Crippen molar-refractivity contribution in [3.05, 3.63) is 17.5 Å². The van der Waals surface area contributed by atoms with Gasteiger partial charge in [0.2, 0.25) is 0 Å². The van der Waals surface area contributed by atoms with E-state index in [2.05, 4.69) is 5.10 Å². The van der Waals surface area contributed by atoms with Crippen molar-refractivity contribution in [2.45, 2.75) is 32.5 Å². The molecule has 0 aromatic carbocycles. The van der Waals surface area contributed by atoms with E-state index in [1.165, 1.54) is 20.8 Å². The van der Waals surface area contributed by atoms with E-state index < -0.39 is 28.9 Å². The van der Waals surface area contributed by atoms with Gasteiger partial charge in [0.1, 0.15) is 0 Å². The number of aromatic nitrogens is 2. The largest absolute Gasteiger partial charge is 0.545 e. The normalized spacial score (nSPS) is 12.9. The lowest BCUT2D eigenvalue weighted by Crippen LogP contribution is -2.32. The van der Waals surface area contributed by atoms with E-state index in [0.29, 0.717) is 10.9 Å². The van der Waals surface area contributed by atoms with Gasteiger partial charge in [-0.3, -0.25) is 4.68 Å². The molecule has 0 bridgehead atoms. The number of carbonyl (C=O) groups excluding carboxylic acids is 1. The van der Waals surface area contributed by atoms with Crippen LogP contribution in [0.5, 0.6) is 0 Å². The summed E-state index contributed by atoms with van der Waals surface area (Å²) in [6, 6.07) is 0. The lowest BCUT2D eigenvalue weighted by atomic mass is 10.1. The Balaban J connectivity index is 3.50. The molecule has 0 fully saturated rings. The smallest absolute Gasteiger partial charge is 0.433 e. The highest BCUT2D eigenvalue weighted by atomic mass is 19.4. The minimum absolute atomic E-state index is 0.637. The number of hydrogen-bond donors (Lipinski definition) is 0. The number of rotatable bonds is 1. The molecule has 1 aromatic heterocycles. The number of carboxylic acid groups (broad SMARTS) is 1. The Morgan fingerprint density at radius 3 is 2.19 bits per heavy atom. The number of hydrogen-bond acceptors (Lipinski definition) is 3. The molecular weight excluding hydrogens is 225 g/mol. The third kappa shape index (κ3) is 2.17. The maximum Gasteiger partial charge on any atom is 0.433 e.